The molecule has 5 rings (SSSR count). The van der Waals surface area contributed by atoms with Crippen molar-refractivity contribution >= 4 is 21.7 Å². The second-order valence-corrected chi connectivity index (χ2v) is 11.7. The number of rotatable bonds is 7. The average Bonchev–Trinajstić information content (AvgIpc) is 3.28. The van der Waals surface area contributed by atoms with Crippen LogP contribution in [0.1, 0.15) is 59.8 Å². The highest BCUT2D eigenvalue weighted by molar-refractivity contribution is 7.92. The quantitative estimate of drug-likeness (QED) is 0.473. The second-order valence-electron chi connectivity index (χ2n) is 9.97. The zero-order valence-corrected chi connectivity index (χ0v) is 22.9. The van der Waals surface area contributed by atoms with Crippen LogP contribution in [-0.2, 0) is 40.6 Å². The van der Waals surface area contributed by atoms with Gasteiger partial charge in [-0.2, -0.15) is 0 Å². The Labute approximate surface area is 226 Å². The van der Waals surface area contributed by atoms with E-state index in [9.17, 15) is 17.6 Å². The van der Waals surface area contributed by atoms with Crippen molar-refractivity contribution in [2.75, 3.05) is 24.1 Å². The van der Waals surface area contributed by atoms with E-state index in [2.05, 4.69) is 14.3 Å². The van der Waals surface area contributed by atoms with Crippen molar-refractivity contribution in [3.63, 3.8) is 0 Å². The van der Waals surface area contributed by atoms with E-state index in [1.54, 1.807) is 12.1 Å². The van der Waals surface area contributed by atoms with Crippen LogP contribution < -0.4 is 9.46 Å². The van der Waals surface area contributed by atoms with Crippen LogP contribution in [0, 0.1) is 18.6 Å². The van der Waals surface area contributed by atoms with E-state index < -0.39 is 33.6 Å². The third-order valence-corrected chi connectivity index (χ3v) is 7.76. The van der Waals surface area contributed by atoms with Crippen molar-refractivity contribution in [2.45, 2.75) is 58.5 Å². The highest BCUT2D eigenvalue weighted by atomic mass is 32.2. The summed E-state index contributed by atoms with van der Waals surface area (Å²) in [5.74, 6) is -0.881. The van der Waals surface area contributed by atoms with E-state index >= 15 is 4.39 Å². The molecule has 1 amide bonds. The molecule has 1 N–H and O–H groups in total. The maximum Gasteiger partial charge on any atom is 0.261 e. The lowest BCUT2D eigenvalue weighted by atomic mass is 9.93. The Morgan fingerprint density at radius 3 is 2.64 bits per heavy atom. The van der Waals surface area contributed by atoms with Gasteiger partial charge in [-0.3, -0.25) is 9.52 Å². The molecule has 0 saturated carbocycles. The van der Waals surface area contributed by atoms with Crippen LogP contribution in [-0.4, -0.2) is 53.2 Å². The number of anilines is 1. The third-order valence-electron chi connectivity index (χ3n) is 7.18. The number of fused-ring (bicyclic) bond motifs is 3. The average molecular weight is 560 g/mol. The first-order chi connectivity index (χ1) is 18.6. The number of hydrogen-bond acceptors (Lipinski definition) is 6. The smallest absolute Gasteiger partial charge is 0.261 e. The number of nitrogens with zero attached hydrogens (tertiary/aromatic N) is 4. The lowest BCUT2D eigenvalue weighted by Gasteiger charge is -2.37. The third kappa shape index (κ3) is 5.34. The molecule has 208 valence electrons. The minimum atomic E-state index is -3.50. The van der Waals surface area contributed by atoms with Gasteiger partial charge in [0.25, 0.3) is 5.91 Å². The van der Waals surface area contributed by atoms with Crippen LogP contribution in [0.15, 0.2) is 24.3 Å². The topological polar surface area (TPSA) is 106 Å². The van der Waals surface area contributed by atoms with Gasteiger partial charge >= 0.3 is 0 Å². The van der Waals surface area contributed by atoms with Gasteiger partial charge in [-0.15, -0.1) is 0 Å². The molecule has 12 heteroatoms. The summed E-state index contributed by atoms with van der Waals surface area (Å²) in [4.78, 5) is 24.2. The Kier molecular flexibility index (Phi) is 7.32. The van der Waals surface area contributed by atoms with E-state index in [0.717, 1.165) is 42.7 Å². The van der Waals surface area contributed by atoms with Crippen molar-refractivity contribution in [2.24, 2.45) is 0 Å². The van der Waals surface area contributed by atoms with Gasteiger partial charge in [0, 0.05) is 31.5 Å². The minimum absolute atomic E-state index is 0.0905. The molecule has 1 atom stereocenters. The Morgan fingerprint density at radius 1 is 1.10 bits per heavy atom. The second kappa shape index (κ2) is 10.6. The van der Waals surface area contributed by atoms with Gasteiger partial charge in [0.2, 0.25) is 10.0 Å². The summed E-state index contributed by atoms with van der Waals surface area (Å²) >= 11 is 0. The van der Waals surface area contributed by atoms with E-state index in [1.807, 2.05) is 6.92 Å². The number of aryl methyl sites for hydroxylation is 3. The van der Waals surface area contributed by atoms with Crippen LogP contribution >= 0.6 is 0 Å². The summed E-state index contributed by atoms with van der Waals surface area (Å²) in [6, 6.07) is 5.24. The van der Waals surface area contributed by atoms with Gasteiger partial charge in [-0.25, -0.2) is 27.2 Å². The van der Waals surface area contributed by atoms with Crippen LogP contribution in [0.2, 0.25) is 0 Å². The van der Waals surface area contributed by atoms with Crippen LogP contribution in [0.3, 0.4) is 0 Å². The van der Waals surface area contributed by atoms with Crippen molar-refractivity contribution in [1.29, 1.82) is 0 Å². The number of aromatic nitrogens is 3. The molecule has 2 aliphatic rings. The van der Waals surface area contributed by atoms with Crippen LogP contribution in [0.4, 0.5) is 14.6 Å². The number of imidazole rings is 1. The highest BCUT2D eigenvalue weighted by Crippen LogP contribution is 2.39. The molecule has 2 aromatic heterocycles. The molecule has 0 saturated heterocycles. The number of nitrogens with one attached hydrogen (secondary N) is 1. The largest absolute Gasteiger partial charge is 0.482 e. The zero-order valence-electron chi connectivity index (χ0n) is 22.1. The number of carbonyl (C=O) groups excluding carboxylic acids is 1. The molecule has 2 aliphatic heterocycles. The fraction of sp³-hybridized carbons (Fsp3) is 0.444. The van der Waals surface area contributed by atoms with Gasteiger partial charge in [-0.05, 0) is 43.9 Å². The maximum atomic E-state index is 15.4. The van der Waals surface area contributed by atoms with Crippen LogP contribution in [0.25, 0.3) is 0 Å². The number of sulfonamides is 1. The molecule has 0 spiro atoms. The van der Waals surface area contributed by atoms with Gasteiger partial charge in [0.1, 0.15) is 23.4 Å². The Morgan fingerprint density at radius 2 is 1.90 bits per heavy atom. The van der Waals surface area contributed by atoms with Gasteiger partial charge in [0.15, 0.2) is 18.2 Å². The van der Waals surface area contributed by atoms with Gasteiger partial charge < -0.3 is 14.2 Å². The molecular weight excluding hydrogens is 528 g/mol. The predicted molar refractivity (Wildman–Crippen MR) is 141 cm³/mol. The van der Waals surface area contributed by atoms with E-state index in [0.29, 0.717) is 30.8 Å². The first kappa shape index (κ1) is 27.0. The van der Waals surface area contributed by atoms with Gasteiger partial charge in [0.05, 0.1) is 23.3 Å². The van der Waals surface area contributed by atoms with E-state index in [-0.39, 0.29) is 30.1 Å². The number of ether oxygens (including phenoxy) is 1. The summed E-state index contributed by atoms with van der Waals surface area (Å²) in [5, 5.41) is 0. The molecule has 0 fully saturated rings. The number of pyridine rings is 1. The molecule has 4 heterocycles. The first-order valence-electron chi connectivity index (χ1n) is 13.0. The molecule has 0 aliphatic carbocycles. The van der Waals surface area contributed by atoms with E-state index in [4.69, 9.17) is 9.72 Å². The molecule has 1 unspecified atom stereocenters. The lowest BCUT2D eigenvalue weighted by Crippen LogP contribution is -2.44. The molecule has 9 nitrogen and oxygen atoms in total. The lowest BCUT2D eigenvalue weighted by molar-refractivity contribution is -0.135. The monoisotopic (exact) mass is 559 g/mol. The molecule has 3 aromatic rings. The Balaban J connectivity index is 1.46. The normalized spacial score (nSPS) is 16.9. The minimum Gasteiger partial charge on any atom is -0.482 e. The number of amides is 1. The van der Waals surface area contributed by atoms with Crippen molar-refractivity contribution in [3.8, 4) is 5.75 Å². The Hall–Kier alpha value is -3.54. The summed E-state index contributed by atoms with van der Waals surface area (Å²) in [7, 11) is -3.50. The van der Waals surface area contributed by atoms with Gasteiger partial charge in [-0.1, -0.05) is 19.1 Å². The summed E-state index contributed by atoms with van der Waals surface area (Å²) < 4.78 is 63.5. The summed E-state index contributed by atoms with van der Waals surface area (Å²) in [5.41, 5.74) is 2.31. The number of hydrogen-bond donors (Lipinski definition) is 1. The molecule has 0 radical (unpaired) electrons. The molecular formula is C27H31F2N5O4S. The molecule has 0 bridgehead atoms. The van der Waals surface area contributed by atoms with Crippen molar-refractivity contribution < 1.29 is 26.7 Å². The standard InChI is InChI=1S/C27H31F2N5O4S/c1-4-18-20(10-11-21(30-18)32-39(3,36)37)38-15-23(35)34-14-12-19-27(33-13-6-5-7-22(33)31-19)26(34)17-9-8-16(2)24(28)25(17)29/h8-11,26H,4-7,12-15H2,1-3H3,(H,30,32). The molecule has 39 heavy (non-hydrogen) atoms. The summed E-state index contributed by atoms with van der Waals surface area (Å²) in [6.07, 6.45) is 4.73. The van der Waals surface area contributed by atoms with Crippen LogP contribution in [0.5, 0.6) is 5.75 Å². The number of halogens is 2. The number of benzene rings is 1. The van der Waals surface area contributed by atoms with Crippen molar-refractivity contribution in [3.05, 3.63) is 69.9 Å². The SMILES string of the molecule is CCc1nc(NS(C)(=O)=O)ccc1OCC(=O)N1CCc2nc3n(c2C1c1ccc(C)c(F)c1F)CCCC3. The fourth-order valence-electron chi connectivity index (χ4n) is 5.35. The number of carbonyl (C=O) groups is 1. The fourth-order valence-corrected chi connectivity index (χ4v) is 5.85. The van der Waals surface area contributed by atoms with Crippen molar-refractivity contribution in [1.82, 2.24) is 19.4 Å². The zero-order chi connectivity index (χ0) is 27.9. The summed E-state index contributed by atoms with van der Waals surface area (Å²) in [6.45, 7) is 3.97. The Bertz CT molecular complexity index is 1540. The molecule has 1 aromatic carbocycles. The predicted octanol–water partition coefficient (Wildman–Crippen LogP) is 3.69. The highest BCUT2D eigenvalue weighted by Gasteiger charge is 2.39. The maximum absolute atomic E-state index is 15.4. The first-order valence-corrected chi connectivity index (χ1v) is 14.9. The van der Waals surface area contributed by atoms with E-state index in [1.165, 1.54) is 24.0 Å².